The van der Waals surface area contributed by atoms with Crippen LogP contribution in [-0.4, -0.2) is 75.8 Å². The Hall–Kier alpha value is -2.28. The summed E-state index contributed by atoms with van der Waals surface area (Å²) in [6.45, 7) is 11.8. The summed E-state index contributed by atoms with van der Waals surface area (Å²) in [5.74, 6) is 1.42. The van der Waals surface area contributed by atoms with Gasteiger partial charge < -0.3 is 25.2 Å². The van der Waals surface area contributed by atoms with Crippen molar-refractivity contribution < 1.29 is 9.53 Å². The van der Waals surface area contributed by atoms with Gasteiger partial charge in [0.2, 0.25) is 5.91 Å². The number of para-hydroxylation sites is 1. The van der Waals surface area contributed by atoms with Gasteiger partial charge in [-0.1, -0.05) is 32.0 Å². The van der Waals surface area contributed by atoms with E-state index in [1.165, 1.54) is 5.69 Å². The fourth-order valence-corrected chi connectivity index (χ4v) is 3.68. The maximum absolute atomic E-state index is 12.6. The van der Waals surface area contributed by atoms with Crippen LogP contribution in [0.2, 0.25) is 0 Å². The minimum Gasteiger partial charge on any atom is -0.378 e. The third kappa shape index (κ3) is 7.86. The van der Waals surface area contributed by atoms with Gasteiger partial charge in [-0.3, -0.25) is 9.79 Å². The number of piperazine rings is 1. The maximum Gasteiger partial charge on any atom is 0.224 e. The summed E-state index contributed by atoms with van der Waals surface area (Å²) in [7, 11) is 1.75. The molecule has 7 nitrogen and oxygen atoms in total. The monoisotopic (exact) mass is 417 g/mol. The van der Waals surface area contributed by atoms with Crippen LogP contribution < -0.4 is 15.5 Å². The summed E-state index contributed by atoms with van der Waals surface area (Å²) < 4.78 is 5.78. The van der Waals surface area contributed by atoms with Crippen LogP contribution >= 0.6 is 0 Å². The van der Waals surface area contributed by atoms with E-state index in [1.807, 2.05) is 17.9 Å². The van der Waals surface area contributed by atoms with Gasteiger partial charge in [0.1, 0.15) is 0 Å². The Labute approximate surface area is 181 Å². The quantitative estimate of drug-likeness (QED) is 0.452. The van der Waals surface area contributed by atoms with Crippen molar-refractivity contribution in [2.24, 2.45) is 10.9 Å². The average Bonchev–Trinajstić information content (AvgIpc) is 2.77. The SMILES string of the molecule is CCOC(CCNC(=NC)NCCC(=O)N1CCN(c2ccccc2)CC1)C(C)C. The molecule has 0 aromatic heterocycles. The van der Waals surface area contributed by atoms with Gasteiger partial charge in [0.05, 0.1) is 6.10 Å². The minimum absolute atomic E-state index is 0.196. The number of nitrogens with zero attached hydrogens (tertiary/aromatic N) is 3. The Balaban J connectivity index is 1.64. The smallest absolute Gasteiger partial charge is 0.224 e. The van der Waals surface area contributed by atoms with Gasteiger partial charge in [-0.2, -0.15) is 0 Å². The third-order valence-electron chi connectivity index (χ3n) is 5.45. The van der Waals surface area contributed by atoms with E-state index in [2.05, 4.69) is 58.6 Å². The van der Waals surface area contributed by atoms with Crippen molar-refractivity contribution in [1.82, 2.24) is 15.5 Å². The molecule has 0 spiro atoms. The zero-order valence-corrected chi connectivity index (χ0v) is 19.1. The standard InChI is InChI=1S/C23H39N5O2/c1-5-30-21(19(2)3)11-13-25-23(24-4)26-14-12-22(29)28-17-15-27(16-18-28)20-9-7-6-8-10-20/h6-10,19,21H,5,11-18H2,1-4H3,(H2,24,25,26). The molecule has 1 fully saturated rings. The van der Waals surface area contributed by atoms with Gasteiger partial charge in [-0.25, -0.2) is 0 Å². The lowest BCUT2D eigenvalue weighted by molar-refractivity contribution is -0.131. The molecule has 0 bridgehead atoms. The molecule has 1 aliphatic rings. The number of guanidine groups is 1. The molecule has 2 rings (SSSR count). The molecular formula is C23H39N5O2. The summed E-state index contributed by atoms with van der Waals surface area (Å²) in [5.41, 5.74) is 1.23. The van der Waals surface area contributed by atoms with Crippen LogP contribution in [-0.2, 0) is 9.53 Å². The molecule has 30 heavy (non-hydrogen) atoms. The van der Waals surface area contributed by atoms with Crippen LogP contribution in [0.3, 0.4) is 0 Å². The maximum atomic E-state index is 12.6. The van der Waals surface area contributed by atoms with Gasteiger partial charge in [-0.05, 0) is 31.4 Å². The largest absolute Gasteiger partial charge is 0.378 e. The Morgan fingerprint density at radius 2 is 1.77 bits per heavy atom. The Kier molecular flexibility index (Phi) is 10.5. The lowest BCUT2D eigenvalue weighted by Crippen LogP contribution is -2.49. The van der Waals surface area contributed by atoms with E-state index in [9.17, 15) is 4.79 Å². The number of carbonyl (C=O) groups is 1. The average molecular weight is 418 g/mol. The van der Waals surface area contributed by atoms with Crippen LogP contribution in [0.15, 0.2) is 35.3 Å². The molecule has 1 amide bonds. The molecule has 0 saturated carbocycles. The molecule has 1 atom stereocenters. The molecule has 1 heterocycles. The Morgan fingerprint density at radius 3 is 2.37 bits per heavy atom. The summed E-state index contributed by atoms with van der Waals surface area (Å²) in [6, 6.07) is 10.4. The Morgan fingerprint density at radius 1 is 1.10 bits per heavy atom. The topological polar surface area (TPSA) is 69.2 Å². The lowest BCUT2D eigenvalue weighted by atomic mass is 10.0. The number of anilines is 1. The first-order valence-corrected chi connectivity index (χ1v) is 11.2. The molecule has 1 unspecified atom stereocenters. The second-order valence-corrected chi connectivity index (χ2v) is 7.91. The second-order valence-electron chi connectivity index (χ2n) is 7.91. The summed E-state index contributed by atoms with van der Waals surface area (Å²) in [5, 5.41) is 6.57. The van der Waals surface area contributed by atoms with Gasteiger partial charge >= 0.3 is 0 Å². The van der Waals surface area contributed by atoms with Crippen LogP contribution in [0, 0.1) is 5.92 Å². The molecule has 1 saturated heterocycles. The fourth-order valence-electron chi connectivity index (χ4n) is 3.68. The zero-order chi connectivity index (χ0) is 21.8. The number of hydrogen-bond acceptors (Lipinski definition) is 4. The fraction of sp³-hybridized carbons (Fsp3) is 0.652. The van der Waals surface area contributed by atoms with Crippen molar-refractivity contribution in [2.45, 2.75) is 39.7 Å². The van der Waals surface area contributed by atoms with E-state index in [-0.39, 0.29) is 12.0 Å². The highest BCUT2D eigenvalue weighted by Gasteiger charge is 2.21. The first-order chi connectivity index (χ1) is 14.5. The number of amides is 1. The molecule has 0 aliphatic carbocycles. The van der Waals surface area contributed by atoms with Crippen LogP contribution in [0.25, 0.3) is 0 Å². The number of aliphatic imine (C=N–C) groups is 1. The van der Waals surface area contributed by atoms with Crippen LogP contribution in [0.5, 0.6) is 0 Å². The number of rotatable bonds is 10. The van der Waals surface area contributed by atoms with E-state index < -0.39 is 0 Å². The number of benzene rings is 1. The predicted molar refractivity (Wildman–Crippen MR) is 124 cm³/mol. The van der Waals surface area contributed by atoms with Crippen molar-refractivity contribution in [3.8, 4) is 0 Å². The highest BCUT2D eigenvalue weighted by molar-refractivity contribution is 5.81. The van der Waals surface area contributed by atoms with E-state index in [4.69, 9.17) is 4.74 Å². The highest BCUT2D eigenvalue weighted by Crippen LogP contribution is 2.15. The molecule has 7 heteroatoms. The van der Waals surface area contributed by atoms with Gasteiger partial charge in [0.15, 0.2) is 5.96 Å². The predicted octanol–water partition coefficient (Wildman–Crippen LogP) is 2.34. The summed E-state index contributed by atoms with van der Waals surface area (Å²) >= 11 is 0. The molecule has 1 aliphatic heterocycles. The van der Waals surface area contributed by atoms with E-state index in [0.29, 0.717) is 18.9 Å². The van der Waals surface area contributed by atoms with Crippen molar-refractivity contribution in [2.75, 3.05) is 57.8 Å². The van der Waals surface area contributed by atoms with E-state index >= 15 is 0 Å². The lowest BCUT2D eigenvalue weighted by Gasteiger charge is -2.36. The molecule has 0 radical (unpaired) electrons. The highest BCUT2D eigenvalue weighted by atomic mass is 16.5. The number of nitrogens with one attached hydrogen (secondary N) is 2. The molecule has 168 valence electrons. The van der Waals surface area contributed by atoms with Gasteiger partial charge in [0.25, 0.3) is 0 Å². The minimum atomic E-state index is 0.196. The van der Waals surface area contributed by atoms with Crippen molar-refractivity contribution in [3.05, 3.63) is 30.3 Å². The van der Waals surface area contributed by atoms with Gasteiger partial charge in [0, 0.05) is 65.0 Å². The third-order valence-corrected chi connectivity index (χ3v) is 5.45. The molecule has 1 aromatic carbocycles. The zero-order valence-electron chi connectivity index (χ0n) is 19.1. The van der Waals surface area contributed by atoms with E-state index in [0.717, 1.165) is 51.7 Å². The summed E-state index contributed by atoms with van der Waals surface area (Å²) in [4.78, 5) is 21.1. The molecule has 1 aromatic rings. The van der Waals surface area contributed by atoms with Crippen molar-refractivity contribution in [1.29, 1.82) is 0 Å². The number of hydrogen-bond donors (Lipinski definition) is 2. The Bertz CT molecular complexity index is 642. The second kappa shape index (κ2) is 13.1. The van der Waals surface area contributed by atoms with Crippen LogP contribution in [0.4, 0.5) is 5.69 Å². The molecule has 2 N–H and O–H groups in total. The van der Waals surface area contributed by atoms with E-state index in [1.54, 1.807) is 7.05 Å². The van der Waals surface area contributed by atoms with Crippen molar-refractivity contribution in [3.63, 3.8) is 0 Å². The first kappa shape index (κ1) is 24.0. The molecular weight excluding hydrogens is 378 g/mol. The normalized spacial score (nSPS) is 16.0. The number of carbonyl (C=O) groups excluding carboxylic acids is 1. The summed E-state index contributed by atoms with van der Waals surface area (Å²) in [6.07, 6.45) is 1.65. The van der Waals surface area contributed by atoms with Crippen LogP contribution in [0.1, 0.15) is 33.6 Å². The van der Waals surface area contributed by atoms with Gasteiger partial charge in [-0.15, -0.1) is 0 Å². The number of ether oxygens (including phenoxy) is 1. The first-order valence-electron chi connectivity index (χ1n) is 11.2. The van der Waals surface area contributed by atoms with Crippen molar-refractivity contribution >= 4 is 17.6 Å².